The number of benzene rings is 1. The number of hydrogen-bond donors (Lipinski definition) is 1. The number of rotatable bonds is 4. The molecule has 1 amide bonds. The fraction of sp³-hybridized carbons (Fsp3) is 0.0952. The van der Waals surface area contributed by atoms with Gasteiger partial charge in [-0.1, -0.05) is 12.1 Å². The van der Waals surface area contributed by atoms with Crippen LogP contribution in [0.25, 0.3) is 16.9 Å². The van der Waals surface area contributed by atoms with Gasteiger partial charge in [-0.2, -0.15) is 13.2 Å². The van der Waals surface area contributed by atoms with Crippen LogP contribution in [-0.4, -0.2) is 26.5 Å². The zero-order valence-corrected chi connectivity index (χ0v) is 15.9. The molecule has 4 aromatic rings. The summed E-state index contributed by atoms with van der Waals surface area (Å²) < 4.78 is 82.8. The van der Waals surface area contributed by atoms with E-state index in [0.29, 0.717) is 12.1 Å². The Kier molecular flexibility index (Phi) is 5.33. The van der Waals surface area contributed by atoms with Crippen LogP contribution in [0.2, 0.25) is 0 Å². The highest BCUT2D eigenvalue weighted by Crippen LogP contribution is 2.32. The Bertz CT molecular complexity index is 1280. The molecule has 1 aromatic carbocycles. The van der Waals surface area contributed by atoms with Gasteiger partial charge in [0.15, 0.2) is 29.2 Å². The van der Waals surface area contributed by atoms with Crippen LogP contribution in [0.5, 0.6) is 0 Å². The summed E-state index contributed by atoms with van der Waals surface area (Å²) in [5.74, 6) is -5.99. The Morgan fingerprint density at radius 3 is 2.31 bits per heavy atom. The van der Waals surface area contributed by atoms with Crippen LogP contribution < -0.4 is 5.32 Å². The van der Waals surface area contributed by atoms with Gasteiger partial charge in [0.25, 0.3) is 5.91 Å². The summed E-state index contributed by atoms with van der Waals surface area (Å²) in [7, 11) is 0. The van der Waals surface area contributed by atoms with Gasteiger partial charge in [-0.3, -0.25) is 14.2 Å². The average molecular weight is 450 g/mol. The number of halogens is 6. The lowest BCUT2D eigenvalue weighted by Gasteiger charge is -2.20. The van der Waals surface area contributed by atoms with Crippen LogP contribution in [0, 0.1) is 17.5 Å². The normalized spacial score (nSPS) is 12.7. The highest BCUT2D eigenvalue weighted by molar-refractivity contribution is 6.00. The zero-order valence-electron chi connectivity index (χ0n) is 15.9. The molecule has 11 heteroatoms. The number of carbonyl (C=O) groups is 1. The number of amides is 1. The Morgan fingerprint density at radius 1 is 1.00 bits per heavy atom. The lowest BCUT2D eigenvalue weighted by Crippen LogP contribution is -2.38. The standard InChI is InChI=1S/C21H12F6N4O/c22-12-9-11(10-13(23)16(12)24)19-29-17(15-6-2-4-8-31(15)19)20(32)30-18(21(25,26)27)14-5-1-3-7-28-14/h1-10,18H,(H,30,32). The second kappa shape index (κ2) is 7.98. The number of fused-ring (bicyclic) bond motifs is 1. The van der Waals surface area contributed by atoms with E-state index in [4.69, 9.17) is 0 Å². The molecule has 1 unspecified atom stereocenters. The quantitative estimate of drug-likeness (QED) is 0.357. The van der Waals surface area contributed by atoms with E-state index in [1.807, 2.05) is 5.32 Å². The molecule has 0 aliphatic heterocycles. The number of carbonyl (C=O) groups excluding carboxylic acids is 1. The van der Waals surface area contributed by atoms with E-state index >= 15 is 0 Å². The van der Waals surface area contributed by atoms with Crippen molar-refractivity contribution in [2.45, 2.75) is 12.2 Å². The lowest BCUT2D eigenvalue weighted by atomic mass is 10.1. The van der Waals surface area contributed by atoms with Crippen molar-refractivity contribution in [2.24, 2.45) is 0 Å². The van der Waals surface area contributed by atoms with E-state index in [2.05, 4.69) is 9.97 Å². The Labute approximate surface area is 176 Å². The summed E-state index contributed by atoms with van der Waals surface area (Å²) in [5, 5.41) is 1.87. The molecule has 164 valence electrons. The van der Waals surface area contributed by atoms with Gasteiger partial charge in [0.1, 0.15) is 5.82 Å². The van der Waals surface area contributed by atoms with Crippen LogP contribution in [0.15, 0.2) is 60.9 Å². The summed E-state index contributed by atoms with van der Waals surface area (Å²) in [6, 6.07) is 7.23. The highest BCUT2D eigenvalue weighted by Gasteiger charge is 2.43. The maximum atomic E-state index is 13.7. The predicted octanol–water partition coefficient (Wildman–Crippen LogP) is 4.85. The number of hydrogen-bond acceptors (Lipinski definition) is 3. The van der Waals surface area contributed by atoms with E-state index in [-0.39, 0.29) is 16.9 Å². The molecule has 1 atom stereocenters. The third-order valence-electron chi connectivity index (χ3n) is 4.59. The molecule has 0 spiro atoms. The summed E-state index contributed by atoms with van der Waals surface area (Å²) >= 11 is 0. The minimum Gasteiger partial charge on any atom is -0.334 e. The molecule has 0 saturated heterocycles. The smallest absolute Gasteiger partial charge is 0.334 e. The number of alkyl halides is 3. The molecule has 0 bridgehead atoms. The molecule has 32 heavy (non-hydrogen) atoms. The van der Waals surface area contributed by atoms with Crippen molar-refractivity contribution < 1.29 is 31.1 Å². The monoisotopic (exact) mass is 450 g/mol. The Balaban J connectivity index is 1.79. The summed E-state index contributed by atoms with van der Waals surface area (Å²) in [5.41, 5.74) is -0.985. The van der Waals surface area contributed by atoms with E-state index in [9.17, 15) is 31.1 Å². The van der Waals surface area contributed by atoms with Gasteiger partial charge in [-0.05, 0) is 36.4 Å². The first-order valence-electron chi connectivity index (χ1n) is 9.07. The zero-order chi connectivity index (χ0) is 23.0. The SMILES string of the molecule is O=C(NC(c1ccccn1)C(F)(F)F)c1nc(-c2cc(F)c(F)c(F)c2)n2ccccc12. The topological polar surface area (TPSA) is 59.3 Å². The minimum atomic E-state index is -4.86. The van der Waals surface area contributed by atoms with Crippen molar-refractivity contribution in [3.63, 3.8) is 0 Å². The van der Waals surface area contributed by atoms with Gasteiger partial charge in [-0.15, -0.1) is 0 Å². The second-order valence-electron chi connectivity index (χ2n) is 6.70. The number of nitrogens with one attached hydrogen (secondary N) is 1. The van der Waals surface area contributed by atoms with Crippen molar-refractivity contribution in [3.05, 3.63) is 89.8 Å². The summed E-state index contributed by atoms with van der Waals surface area (Å²) in [6.07, 6.45) is -2.30. The van der Waals surface area contributed by atoms with Crippen molar-refractivity contribution in [1.82, 2.24) is 19.7 Å². The van der Waals surface area contributed by atoms with E-state index < -0.39 is 47.0 Å². The van der Waals surface area contributed by atoms with Crippen molar-refractivity contribution in [2.75, 3.05) is 0 Å². The number of aromatic nitrogens is 3. The van der Waals surface area contributed by atoms with Crippen LogP contribution in [0.3, 0.4) is 0 Å². The third kappa shape index (κ3) is 3.88. The number of nitrogens with zero attached hydrogens (tertiary/aromatic N) is 3. The predicted molar refractivity (Wildman–Crippen MR) is 101 cm³/mol. The molecule has 3 heterocycles. The molecule has 0 radical (unpaired) electrons. The maximum absolute atomic E-state index is 13.7. The van der Waals surface area contributed by atoms with Crippen LogP contribution >= 0.6 is 0 Å². The van der Waals surface area contributed by atoms with E-state index in [0.717, 1.165) is 12.3 Å². The van der Waals surface area contributed by atoms with Gasteiger partial charge in [0, 0.05) is 18.0 Å². The van der Waals surface area contributed by atoms with Gasteiger partial charge >= 0.3 is 6.18 Å². The molecule has 0 aliphatic carbocycles. The molecular weight excluding hydrogens is 438 g/mol. The van der Waals surface area contributed by atoms with Crippen LogP contribution in [-0.2, 0) is 0 Å². The molecule has 0 aliphatic rings. The number of pyridine rings is 2. The van der Waals surface area contributed by atoms with Crippen molar-refractivity contribution in [3.8, 4) is 11.4 Å². The van der Waals surface area contributed by atoms with E-state index in [1.165, 1.54) is 40.9 Å². The fourth-order valence-corrected chi connectivity index (χ4v) is 3.16. The number of imidazole rings is 1. The van der Waals surface area contributed by atoms with E-state index in [1.54, 1.807) is 0 Å². The molecule has 1 N–H and O–H groups in total. The van der Waals surface area contributed by atoms with Crippen LogP contribution in [0.1, 0.15) is 22.2 Å². The van der Waals surface area contributed by atoms with Crippen molar-refractivity contribution >= 4 is 11.4 Å². The maximum Gasteiger partial charge on any atom is 0.414 e. The van der Waals surface area contributed by atoms with Gasteiger partial charge in [-0.25, -0.2) is 18.2 Å². The fourth-order valence-electron chi connectivity index (χ4n) is 3.16. The molecule has 3 aromatic heterocycles. The molecule has 5 nitrogen and oxygen atoms in total. The first-order valence-corrected chi connectivity index (χ1v) is 9.07. The lowest BCUT2D eigenvalue weighted by molar-refractivity contribution is -0.156. The van der Waals surface area contributed by atoms with Crippen molar-refractivity contribution in [1.29, 1.82) is 0 Å². The Morgan fingerprint density at radius 2 is 1.69 bits per heavy atom. The first-order chi connectivity index (χ1) is 15.2. The molecule has 4 rings (SSSR count). The third-order valence-corrected chi connectivity index (χ3v) is 4.59. The minimum absolute atomic E-state index is 0.0760. The molecule has 0 saturated carbocycles. The molecule has 0 fully saturated rings. The highest BCUT2D eigenvalue weighted by atomic mass is 19.4. The van der Waals surface area contributed by atoms with Crippen LogP contribution in [0.4, 0.5) is 26.3 Å². The van der Waals surface area contributed by atoms with Gasteiger partial charge in [0.2, 0.25) is 0 Å². The first kappa shape index (κ1) is 21.3. The van der Waals surface area contributed by atoms with Gasteiger partial charge < -0.3 is 5.32 Å². The van der Waals surface area contributed by atoms with Gasteiger partial charge in [0.05, 0.1) is 11.2 Å². The summed E-state index contributed by atoms with van der Waals surface area (Å²) in [4.78, 5) is 20.5. The second-order valence-corrected chi connectivity index (χ2v) is 6.70. The summed E-state index contributed by atoms with van der Waals surface area (Å²) in [6.45, 7) is 0. The Hall–Kier alpha value is -3.89. The average Bonchev–Trinajstić information content (AvgIpc) is 3.15. The molecular formula is C21H12F6N4O. The largest absolute Gasteiger partial charge is 0.414 e.